The molecule has 9 nitrogen and oxygen atoms in total. The van der Waals surface area contributed by atoms with Crippen LogP contribution in [0.15, 0.2) is 16.8 Å². The Balaban J connectivity index is 0.00000312. The van der Waals surface area contributed by atoms with Gasteiger partial charge in [-0.15, -0.1) is 0 Å². The minimum atomic E-state index is -0.440. The molecule has 2 aromatic rings. The number of hydrogen-bond donors (Lipinski definition) is 3. The molecule has 0 aliphatic heterocycles. The maximum atomic E-state index is 11.7. The predicted molar refractivity (Wildman–Crippen MR) is 87.3 cm³/mol. The highest BCUT2D eigenvalue weighted by atomic mass is 35.5. The fraction of sp³-hybridized carbons (Fsp3) is 0.357. The van der Waals surface area contributed by atoms with E-state index in [1.807, 2.05) is 6.07 Å². The van der Waals surface area contributed by atoms with E-state index in [2.05, 4.69) is 25.6 Å². The Morgan fingerprint density at radius 1 is 1.28 bits per heavy atom. The number of aromatic nitrogens is 2. The van der Waals surface area contributed by atoms with Gasteiger partial charge < -0.3 is 38.2 Å². The number of amides is 1. The van der Waals surface area contributed by atoms with Gasteiger partial charge in [-0.1, -0.05) is 11.6 Å². The van der Waals surface area contributed by atoms with Gasteiger partial charge in [-0.3, -0.25) is 4.79 Å². The third-order valence-corrected chi connectivity index (χ3v) is 3.42. The van der Waals surface area contributed by atoms with E-state index in [1.54, 1.807) is 13.2 Å². The summed E-state index contributed by atoms with van der Waals surface area (Å²) < 4.78 is 14.8. The number of methoxy groups -OCH3 is 2. The third-order valence-electron chi connectivity index (χ3n) is 3.14. The van der Waals surface area contributed by atoms with E-state index < -0.39 is 5.91 Å². The fourth-order valence-electron chi connectivity index (χ4n) is 2.01. The molecule has 25 heavy (non-hydrogen) atoms. The van der Waals surface area contributed by atoms with Crippen molar-refractivity contribution in [2.75, 3.05) is 33.0 Å². The van der Waals surface area contributed by atoms with Gasteiger partial charge in [-0.2, -0.15) is 0 Å². The number of carbonyl (C=O) groups is 1. The lowest BCUT2D eigenvalue weighted by Crippen LogP contribution is -3.00. The summed E-state index contributed by atoms with van der Waals surface area (Å²) in [6.45, 7) is 1.46. The molecule has 1 aromatic carbocycles. The zero-order valence-electron chi connectivity index (χ0n) is 13.6. The molecule has 0 spiro atoms. The van der Waals surface area contributed by atoms with E-state index in [0.717, 1.165) is 5.56 Å². The van der Waals surface area contributed by atoms with E-state index in [1.165, 1.54) is 7.11 Å². The minimum absolute atomic E-state index is 0. The Morgan fingerprint density at radius 3 is 2.64 bits per heavy atom. The maximum absolute atomic E-state index is 11.7. The lowest BCUT2D eigenvalue weighted by atomic mass is 10.2. The number of benzene rings is 1. The van der Waals surface area contributed by atoms with E-state index >= 15 is 0 Å². The van der Waals surface area contributed by atoms with Crippen molar-refractivity contribution in [2.45, 2.75) is 6.54 Å². The molecular formula is C14H18Cl2N5O4-. The van der Waals surface area contributed by atoms with E-state index in [4.69, 9.17) is 26.8 Å². The molecule has 0 unspecified atom stereocenters. The Hall–Kier alpha value is -2.23. The lowest BCUT2D eigenvalue weighted by Gasteiger charge is -2.12. The first-order valence-corrected chi connectivity index (χ1v) is 7.42. The van der Waals surface area contributed by atoms with Crippen molar-refractivity contribution in [1.29, 1.82) is 0 Å². The number of halogens is 2. The smallest absolute Gasteiger partial charge is 0.277 e. The first kappa shape index (κ1) is 20.8. The molecule has 1 aromatic heterocycles. The molecule has 2 rings (SSSR count). The molecule has 0 bridgehead atoms. The second kappa shape index (κ2) is 9.92. The van der Waals surface area contributed by atoms with Crippen molar-refractivity contribution < 1.29 is 31.3 Å². The highest BCUT2D eigenvalue weighted by Crippen LogP contribution is 2.35. The van der Waals surface area contributed by atoms with Crippen molar-refractivity contribution in [1.82, 2.24) is 20.9 Å². The van der Waals surface area contributed by atoms with E-state index in [-0.39, 0.29) is 23.9 Å². The van der Waals surface area contributed by atoms with E-state index in [9.17, 15) is 4.79 Å². The Kier molecular flexibility index (Phi) is 8.26. The number of hydrogen-bond acceptors (Lipinski definition) is 8. The number of anilines is 1. The second-order valence-electron chi connectivity index (χ2n) is 4.74. The minimum Gasteiger partial charge on any atom is -1.00 e. The largest absolute Gasteiger partial charge is 1.00 e. The maximum Gasteiger partial charge on any atom is 0.277 e. The second-order valence-corrected chi connectivity index (χ2v) is 5.15. The number of rotatable bonds is 8. The molecule has 0 radical (unpaired) electrons. The highest BCUT2D eigenvalue weighted by molar-refractivity contribution is 6.32. The summed E-state index contributed by atoms with van der Waals surface area (Å²) in [5, 5.41) is 13.1. The third kappa shape index (κ3) is 5.38. The first-order valence-electron chi connectivity index (χ1n) is 7.04. The Labute approximate surface area is 155 Å². The van der Waals surface area contributed by atoms with Crippen LogP contribution in [0.25, 0.3) is 0 Å². The molecule has 1 amide bonds. The monoisotopic (exact) mass is 390 g/mol. The summed E-state index contributed by atoms with van der Waals surface area (Å²) in [4.78, 5) is 11.7. The Morgan fingerprint density at radius 2 is 2.04 bits per heavy atom. The molecule has 0 aliphatic rings. The zero-order chi connectivity index (χ0) is 17.5. The van der Waals surface area contributed by atoms with Crippen LogP contribution in [-0.4, -0.2) is 43.5 Å². The first-order chi connectivity index (χ1) is 11.6. The van der Waals surface area contributed by atoms with Crippen molar-refractivity contribution in [2.24, 2.45) is 0 Å². The standard InChI is InChI=1S/C14H18ClN5O4.ClH/c1-22-10-6-8(5-9(15)12(10)23-2)7-17-3-4-18-14(21)11-13(16)20-24-19-11;/h5-6,17H,3-4,7H2,1-2H3,(H2,16,20)(H,18,21);1H/p-1. The molecule has 0 saturated heterocycles. The number of nitrogens with two attached hydrogens (primary N) is 1. The van der Waals surface area contributed by atoms with Gasteiger partial charge >= 0.3 is 0 Å². The summed E-state index contributed by atoms with van der Waals surface area (Å²) in [6, 6.07) is 3.62. The van der Waals surface area contributed by atoms with Crippen molar-refractivity contribution in [3.05, 3.63) is 28.4 Å². The molecule has 0 fully saturated rings. The van der Waals surface area contributed by atoms with Crippen LogP contribution in [0.1, 0.15) is 16.1 Å². The van der Waals surface area contributed by atoms with Crippen LogP contribution in [0.2, 0.25) is 5.02 Å². The van der Waals surface area contributed by atoms with Crippen LogP contribution in [0, 0.1) is 0 Å². The molecule has 1 heterocycles. The SMILES string of the molecule is COc1cc(CNCCNC(=O)c2nonc2N)cc(Cl)c1OC.[Cl-]. The zero-order valence-corrected chi connectivity index (χ0v) is 15.1. The number of nitrogens with one attached hydrogen (secondary N) is 2. The van der Waals surface area contributed by atoms with Gasteiger partial charge in [0.25, 0.3) is 5.91 Å². The number of nitrogen functional groups attached to an aromatic ring is 1. The molecule has 4 N–H and O–H groups in total. The van der Waals surface area contributed by atoms with Gasteiger partial charge in [0.05, 0.1) is 19.2 Å². The molecule has 138 valence electrons. The van der Waals surface area contributed by atoms with Crippen LogP contribution >= 0.6 is 11.6 Å². The van der Waals surface area contributed by atoms with Crippen molar-refractivity contribution in [3.63, 3.8) is 0 Å². The number of carbonyl (C=O) groups excluding carboxylic acids is 1. The number of nitrogens with zero attached hydrogens (tertiary/aromatic N) is 2. The molecule has 0 saturated carbocycles. The lowest BCUT2D eigenvalue weighted by molar-refractivity contribution is -0.0000143. The summed E-state index contributed by atoms with van der Waals surface area (Å²) >= 11 is 6.14. The fourth-order valence-corrected chi connectivity index (χ4v) is 2.32. The van der Waals surface area contributed by atoms with Gasteiger partial charge in [0.15, 0.2) is 11.5 Å². The Bertz CT molecular complexity index is 711. The molecular weight excluding hydrogens is 373 g/mol. The van der Waals surface area contributed by atoms with E-state index in [0.29, 0.717) is 36.2 Å². The highest BCUT2D eigenvalue weighted by Gasteiger charge is 2.15. The average Bonchev–Trinajstić information content (AvgIpc) is 2.99. The van der Waals surface area contributed by atoms with Crippen molar-refractivity contribution in [3.8, 4) is 11.5 Å². The normalized spacial score (nSPS) is 10.0. The van der Waals surface area contributed by atoms with Crippen LogP contribution in [0.3, 0.4) is 0 Å². The topological polar surface area (TPSA) is 125 Å². The van der Waals surface area contributed by atoms with Gasteiger partial charge in [-0.05, 0) is 28.0 Å². The summed E-state index contributed by atoms with van der Waals surface area (Å²) in [5.74, 6) is 0.572. The summed E-state index contributed by atoms with van der Waals surface area (Å²) in [7, 11) is 3.08. The van der Waals surface area contributed by atoms with Crippen LogP contribution in [0.4, 0.5) is 5.82 Å². The number of ether oxygens (including phenoxy) is 2. The quantitative estimate of drug-likeness (QED) is 0.435. The van der Waals surface area contributed by atoms with Gasteiger partial charge in [0.1, 0.15) is 0 Å². The molecule has 0 aliphatic carbocycles. The van der Waals surface area contributed by atoms with Gasteiger partial charge in [0, 0.05) is 19.6 Å². The van der Waals surface area contributed by atoms with Crippen LogP contribution in [0.5, 0.6) is 11.5 Å². The van der Waals surface area contributed by atoms with Crippen LogP contribution < -0.4 is 38.2 Å². The predicted octanol–water partition coefficient (Wildman–Crippen LogP) is -2.15. The summed E-state index contributed by atoms with van der Waals surface area (Å²) in [5.41, 5.74) is 6.33. The summed E-state index contributed by atoms with van der Waals surface area (Å²) in [6.07, 6.45) is 0. The van der Waals surface area contributed by atoms with Gasteiger partial charge in [0.2, 0.25) is 11.5 Å². The van der Waals surface area contributed by atoms with Crippen molar-refractivity contribution >= 4 is 23.3 Å². The molecule has 11 heteroatoms. The van der Waals surface area contributed by atoms with Crippen LogP contribution in [-0.2, 0) is 6.54 Å². The van der Waals surface area contributed by atoms with Gasteiger partial charge in [-0.25, -0.2) is 4.63 Å². The molecule has 0 atom stereocenters. The average molecular weight is 391 g/mol.